The third-order valence-electron chi connectivity index (χ3n) is 2.92. The Bertz CT molecular complexity index is 687. The van der Waals surface area contributed by atoms with Crippen LogP contribution in [0, 0.1) is 0 Å². The summed E-state index contributed by atoms with van der Waals surface area (Å²) in [5.74, 6) is 0.647. The zero-order chi connectivity index (χ0) is 15.9. The summed E-state index contributed by atoms with van der Waals surface area (Å²) in [4.78, 5) is 11.8. The maximum atomic E-state index is 11.8. The molecule has 0 aliphatic heterocycles. The van der Waals surface area contributed by atoms with E-state index < -0.39 is 0 Å². The normalized spacial score (nSPS) is 10.5. The van der Waals surface area contributed by atoms with Crippen LogP contribution in [0.4, 0.5) is 0 Å². The molecule has 0 bridgehead atoms. The number of amides is 1. The second kappa shape index (κ2) is 7.47. The minimum atomic E-state index is -0.298. The van der Waals surface area contributed by atoms with E-state index in [0.29, 0.717) is 27.6 Å². The van der Waals surface area contributed by atoms with Gasteiger partial charge < -0.3 is 9.47 Å². The van der Waals surface area contributed by atoms with Gasteiger partial charge in [-0.3, -0.25) is 4.79 Å². The van der Waals surface area contributed by atoms with Gasteiger partial charge in [0.2, 0.25) is 0 Å². The second-order valence-electron chi connectivity index (χ2n) is 4.27. The van der Waals surface area contributed by atoms with Crippen LogP contribution in [0.1, 0.15) is 15.9 Å². The van der Waals surface area contributed by atoms with Gasteiger partial charge in [-0.2, -0.15) is 5.10 Å². The van der Waals surface area contributed by atoms with Crippen LogP contribution >= 0.6 is 11.6 Å². The third-order valence-corrected chi connectivity index (χ3v) is 3.31. The fourth-order valence-electron chi connectivity index (χ4n) is 1.82. The molecule has 114 valence electrons. The Morgan fingerprint density at radius 1 is 1.14 bits per heavy atom. The molecule has 0 saturated heterocycles. The lowest BCUT2D eigenvalue weighted by Crippen LogP contribution is -2.17. The van der Waals surface area contributed by atoms with Gasteiger partial charge in [0.05, 0.1) is 25.5 Å². The van der Waals surface area contributed by atoms with Crippen molar-refractivity contribution in [1.82, 2.24) is 5.43 Å². The quantitative estimate of drug-likeness (QED) is 0.680. The SMILES string of the molecule is COc1ccc(/C=N/NC(=O)c2ccccc2)c(Cl)c1OC. The number of benzene rings is 2. The van der Waals surface area contributed by atoms with E-state index in [1.807, 2.05) is 6.07 Å². The summed E-state index contributed by atoms with van der Waals surface area (Å²) >= 11 is 6.22. The number of hydrogen-bond acceptors (Lipinski definition) is 4. The minimum absolute atomic E-state index is 0.298. The van der Waals surface area contributed by atoms with E-state index in [2.05, 4.69) is 10.5 Å². The van der Waals surface area contributed by atoms with Crippen molar-refractivity contribution in [2.24, 2.45) is 5.10 Å². The molecule has 22 heavy (non-hydrogen) atoms. The molecular formula is C16H15ClN2O3. The molecule has 0 unspecified atom stereocenters. The number of hydrogen-bond donors (Lipinski definition) is 1. The van der Waals surface area contributed by atoms with Crippen LogP contribution in [0.2, 0.25) is 5.02 Å². The number of halogens is 1. The highest BCUT2D eigenvalue weighted by molar-refractivity contribution is 6.34. The lowest BCUT2D eigenvalue weighted by molar-refractivity contribution is 0.0955. The molecule has 0 spiro atoms. The van der Waals surface area contributed by atoms with Gasteiger partial charge in [0.15, 0.2) is 11.5 Å². The van der Waals surface area contributed by atoms with Crippen molar-refractivity contribution >= 4 is 23.7 Å². The molecule has 2 rings (SSSR count). The molecule has 0 radical (unpaired) electrons. The Labute approximate surface area is 133 Å². The number of nitrogens with one attached hydrogen (secondary N) is 1. The van der Waals surface area contributed by atoms with E-state index in [9.17, 15) is 4.79 Å². The molecule has 0 saturated carbocycles. The highest BCUT2D eigenvalue weighted by atomic mass is 35.5. The summed E-state index contributed by atoms with van der Waals surface area (Å²) in [5, 5.41) is 4.26. The molecule has 0 atom stereocenters. The number of nitrogens with zero attached hydrogens (tertiary/aromatic N) is 1. The molecule has 1 amide bonds. The molecule has 6 heteroatoms. The summed E-state index contributed by atoms with van der Waals surface area (Å²) in [6.45, 7) is 0. The van der Waals surface area contributed by atoms with Crippen LogP contribution in [-0.4, -0.2) is 26.3 Å². The fraction of sp³-hybridized carbons (Fsp3) is 0.125. The Morgan fingerprint density at radius 3 is 2.50 bits per heavy atom. The average molecular weight is 319 g/mol. The average Bonchev–Trinajstić information content (AvgIpc) is 2.56. The van der Waals surface area contributed by atoms with Crippen molar-refractivity contribution in [2.45, 2.75) is 0 Å². The molecule has 2 aromatic carbocycles. The van der Waals surface area contributed by atoms with Crippen molar-refractivity contribution in [2.75, 3.05) is 14.2 Å². The number of ether oxygens (including phenoxy) is 2. The molecular weight excluding hydrogens is 304 g/mol. The first kappa shape index (κ1) is 15.9. The number of carbonyl (C=O) groups excluding carboxylic acids is 1. The van der Waals surface area contributed by atoms with Crippen molar-refractivity contribution in [3.8, 4) is 11.5 Å². The summed E-state index contributed by atoms with van der Waals surface area (Å²) in [5.41, 5.74) is 3.57. The van der Waals surface area contributed by atoms with E-state index in [-0.39, 0.29) is 5.91 Å². The van der Waals surface area contributed by atoms with Gasteiger partial charge in [-0.25, -0.2) is 5.43 Å². The van der Waals surface area contributed by atoms with Crippen LogP contribution in [0.3, 0.4) is 0 Å². The van der Waals surface area contributed by atoms with Gasteiger partial charge in [0, 0.05) is 11.1 Å². The zero-order valence-electron chi connectivity index (χ0n) is 12.2. The Morgan fingerprint density at radius 2 is 1.86 bits per heavy atom. The molecule has 0 aliphatic carbocycles. The largest absolute Gasteiger partial charge is 0.493 e. The predicted molar refractivity (Wildman–Crippen MR) is 86.1 cm³/mol. The zero-order valence-corrected chi connectivity index (χ0v) is 12.9. The molecule has 0 aliphatic rings. The molecule has 2 aromatic rings. The molecule has 5 nitrogen and oxygen atoms in total. The van der Waals surface area contributed by atoms with Gasteiger partial charge in [0.1, 0.15) is 0 Å². The van der Waals surface area contributed by atoms with E-state index in [1.54, 1.807) is 36.4 Å². The van der Waals surface area contributed by atoms with Crippen LogP contribution in [0.25, 0.3) is 0 Å². The highest BCUT2D eigenvalue weighted by Crippen LogP contribution is 2.36. The van der Waals surface area contributed by atoms with Gasteiger partial charge in [-0.15, -0.1) is 0 Å². The van der Waals surface area contributed by atoms with E-state index >= 15 is 0 Å². The molecule has 0 aromatic heterocycles. The van der Waals surface area contributed by atoms with Gasteiger partial charge >= 0.3 is 0 Å². The fourth-order valence-corrected chi connectivity index (χ4v) is 2.10. The van der Waals surface area contributed by atoms with Crippen LogP contribution in [-0.2, 0) is 0 Å². The first-order valence-corrected chi connectivity index (χ1v) is 6.84. The standard InChI is InChI=1S/C16H15ClN2O3/c1-21-13-9-8-12(14(17)15(13)22-2)10-18-19-16(20)11-6-4-3-5-7-11/h3-10H,1-2H3,(H,19,20)/b18-10+. The first-order chi connectivity index (χ1) is 10.7. The summed E-state index contributed by atoms with van der Waals surface area (Å²) in [7, 11) is 3.03. The van der Waals surface area contributed by atoms with Crippen LogP contribution in [0.5, 0.6) is 11.5 Å². The summed E-state index contributed by atoms with van der Waals surface area (Å²) < 4.78 is 10.3. The molecule has 1 N–H and O–H groups in total. The topological polar surface area (TPSA) is 59.9 Å². The van der Waals surface area contributed by atoms with E-state index in [1.165, 1.54) is 20.4 Å². The maximum Gasteiger partial charge on any atom is 0.271 e. The van der Waals surface area contributed by atoms with Crippen molar-refractivity contribution < 1.29 is 14.3 Å². The second-order valence-corrected chi connectivity index (χ2v) is 4.65. The monoisotopic (exact) mass is 318 g/mol. The summed E-state index contributed by atoms with van der Waals surface area (Å²) in [6.07, 6.45) is 1.45. The molecule has 0 fully saturated rings. The van der Waals surface area contributed by atoms with Crippen molar-refractivity contribution in [1.29, 1.82) is 0 Å². The van der Waals surface area contributed by atoms with Gasteiger partial charge in [-0.1, -0.05) is 29.8 Å². The third kappa shape index (κ3) is 3.56. The lowest BCUT2D eigenvalue weighted by atomic mass is 10.2. The van der Waals surface area contributed by atoms with Crippen LogP contribution < -0.4 is 14.9 Å². The number of hydrazone groups is 1. The van der Waals surface area contributed by atoms with Crippen molar-refractivity contribution in [3.05, 3.63) is 58.6 Å². The van der Waals surface area contributed by atoms with E-state index in [4.69, 9.17) is 21.1 Å². The minimum Gasteiger partial charge on any atom is -0.493 e. The highest BCUT2D eigenvalue weighted by Gasteiger charge is 2.12. The van der Waals surface area contributed by atoms with Crippen LogP contribution in [0.15, 0.2) is 47.6 Å². The Hall–Kier alpha value is -2.53. The molecule has 0 heterocycles. The van der Waals surface area contributed by atoms with E-state index in [0.717, 1.165) is 0 Å². The number of carbonyl (C=O) groups is 1. The maximum absolute atomic E-state index is 11.8. The lowest BCUT2D eigenvalue weighted by Gasteiger charge is -2.10. The Kier molecular flexibility index (Phi) is 5.38. The first-order valence-electron chi connectivity index (χ1n) is 6.46. The predicted octanol–water partition coefficient (Wildman–Crippen LogP) is 3.12. The van der Waals surface area contributed by atoms with Gasteiger partial charge in [0.25, 0.3) is 5.91 Å². The summed E-state index contributed by atoms with van der Waals surface area (Å²) in [6, 6.07) is 12.2. The number of rotatable bonds is 5. The van der Waals surface area contributed by atoms with Crippen molar-refractivity contribution in [3.63, 3.8) is 0 Å². The number of methoxy groups -OCH3 is 2. The van der Waals surface area contributed by atoms with Gasteiger partial charge in [-0.05, 0) is 24.3 Å². The Balaban J connectivity index is 2.12. The smallest absolute Gasteiger partial charge is 0.271 e.